The quantitative estimate of drug-likeness (QED) is 0.893. The molecule has 0 amide bonds. The second-order valence-corrected chi connectivity index (χ2v) is 4.10. The zero-order valence-corrected chi connectivity index (χ0v) is 10.8. The fourth-order valence-corrected chi connectivity index (χ4v) is 1.98. The van der Waals surface area contributed by atoms with E-state index in [4.69, 9.17) is 4.74 Å². The average Bonchev–Trinajstić information content (AvgIpc) is 2.42. The Balaban J connectivity index is 2.45. The van der Waals surface area contributed by atoms with Crippen LogP contribution in [0.25, 0.3) is 0 Å². The zero-order chi connectivity index (χ0) is 13.0. The van der Waals surface area contributed by atoms with Crippen molar-refractivity contribution in [3.05, 3.63) is 53.6 Å². The Morgan fingerprint density at radius 2 is 2.11 bits per heavy atom. The maximum Gasteiger partial charge on any atom is 0.124 e. The van der Waals surface area contributed by atoms with Crippen molar-refractivity contribution in [1.29, 1.82) is 0 Å². The molecular formula is C14H17N3O. The first-order valence-corrected chi connectivity index (χ1v) is 5.84. The van der Waals surface area contributed by atoms with E-state index in [2.05, 4.69) is 27.4 Å². The number of aromatic nitrogens is 2. The number of benzene rings is 1. The number of hydrogen-bond acceptors (Lipinski definition) is 4. The fourth-order valence-electron chi connectivity index (χ4n) is 1.98. The Bertz CT molecular complexity index is 514. The van der Waals surface area contributed by atoms with Crippen LogP contribution in [-0.2, 0) is 0 Å². The molecular weight excluding hydrogens is 226 g/mol. The number of nitrogens with zero attached hydrogens (tertiary/aromatic N) is 2. The van der Waals surface area contributed by atoms with Gasteiger partial charge in [0.15, 0.2) is 0 Å². The van der Waals surface area contributed by atoms with E-state index >= 15 is 0 Å². The molecule has 1 atom stereocenters. The van der Waals surface area contributed by atoms with Gasteiger partial charge in [-0.3, -0.25) is 9.97 Å². The Morgan fingerprint density at radius 3 is 2.72 bits per heavy atom. The van der Waals surface area contributed by atoms with Gasteiger partial charge >= 0.3 is 0 Å². The minimum Gasteiger partial charge on any atom is -0.496 e. The van der Waals surface area contributed by atoms with Gasteiger partial charge < -0.3 is 10.1 Å². The number of hydrogen-bond donors (Lipinski definition) is 1. The molecule has 94 valence electrons. The van der Waals surface area contributed by atoms with Crippen LogP contribution in [0.2, 0.25) is 0 Å². The van der Waals surface area contributed by atoms with Crippen molar-refractivity contribution in [1.82, 2.24) is 15.3 Å². The summed E-state index contributed by atoms with van der Waals surface area (Å²) in [6.07, 6.45) is 5.13. The molecule has 0 saturated heterocycles. The van der Waals surface area contributed by atoms with E-state index < -0.39 is 0 Å². The van der Waals surface area contributed by atoms with Gasteiger partial charge in [-0.15, -0.1) is 0 Å². The number of nitrogens with one attached hydrogen (secondary N) is 1. The lowest BCUT2D eigenvalue weighted by Crippen LogP contribution is -2.19. The summed E-state index contributed by atoms with van der Waals surface area (Å²) in [6.45, 7) is 2.04. The molecule has 4 nitrogen and oxygen atoms in total. The second-order valence-electron chi connectivity index (χ2n) is 4.10. The van der Waals surface area contributed by atoms with Crippen molar-refractivity contribution in [2.24, 2.45) is 0 Å². The zero-order valence-electron chi connectivity index (χ0n) is 10.8. The lowest BCUT2D eigenvalue weighted by Gasteiger charge is -2.19. The van der Waals surface area contributed by atoms with Gasteiger partial charge in [-0.25, -0.2) is 0 Å². The maximum absolute atomic E-state index is 5.44. The summed E-state index contributed by atoms with van der Waals surface area (Å²) in [5.74, 6) is 0.861. The molecule has 0 radical (unpaired) electrons. The Morgan fingerprint density at radius 1 is 1.28 bits per heavy atom. The second kappa shape index (κ2) is 5.60. The first-order valence-electron chi connectivity index (χ1n) is 5.84. The molecule has 0 saturated carbocycles. The summed E-state index contributed by atoms with van der Waals surface area (Å²) >= 11 is 0. The van der Waals surface area contributed by atoms with E-state index in [1.807, 2.05) is 20.0 Å². The van der Waals surface area contributed by atoms with Gasteiger partial charge in [0.2, 0.25) is 0 Å². The van der Waals surface area contributed by atoms with Crippen LogP contribution in [0.1, 0.15) is 22.9 Å². The smallest absolute Gasteiger partial charge is 0.124 e. The lowest BCUT2D eigenvalue weighted by atomic mass is 10.0. The van der Waals surface area contributed by atoms with Crippen LogP contribution in [0.3, 0.4) is 0 Å². The first-order chi connectivity index (χ1) is 8.76. The standard InChI is InChI=1S/C14H17N3O/c1-10-4-5-11(13(8-10)18-3)14(15-2)12-9-16-6-7-17-12/h4-9,14-15H,1-3H3. The van der Waals surface area contributed by atoms with Gasteiger partial charge in [-0.1, -0.05) is 12.1 Å². The topological polar surface area (TPSA) is 47.0 Å². The molecule has 1 N–H and O–H groups in total. The van der Waals surface area contributed by atoms with Crippen molar-refractivity contribution in [2.75, 3.05) is 14.2 Å². The van der Waals surface area contributed by atoms with E-state index in [1.54, 1.807) is 25.7 Å². The average molecular weight is 243 g/mol. The maximum atomic E-state index is 5.44. The number of ether oxygens (including phenoxy) is 1. The first kappa shape index (κ1) is 12.5. The van der Waals surface area contributed by atoms with Crippen molar-refractivity contribution in [3.8, 4) is 5.75 Å². The highest BCUT2D eigenvalue weighted by Crippen LogP contribution is 2.29. The summed E-state index contributed by atoms with van der Waals surface area (Å²) in [4.78, 5) is 8.45. The van der Waals surface area contributed by atoms with E-state index in [1.165, 1.54) is 5.56 Å². The third-order valence-corrected chi connectivity index (χ3v) is 2.87. The summed E-state index contributed by atoms with van der Waals surface area (Å²) in [6, 6.07) is 6.13. The van der Waals surface area contributed by atoms with Crippen LogP contribution in [-0.4, -0.2) is 24.1 Å². The highest BCUT2D eigenvalue weighted by molar-refractivity contribution is 5.42. The highest BCUT2D eigenvalue weighted by Gasteiger charge is 2.17. The molecule has 0 aliphatic rings. The highest BCUT2D eigenvalue weighted by atomic mass is 16.5. The SMILES string of the molecule is CNC(c1cnccn1)c1ccc(C)cc1OC. The van der Waals surface area contributed by atoms with Crippen molar-refractivity contribution < 1.29 is 4.74 Å². The Hall–Kier alpha value is -1.94. The van der Waals surface area contributed by atoms with Crippen LogP contribution >= 0.6 is 0 Å². The monoisotopic (exact) mass is 243 g/mol. The predicted molar refractivity (Wildman–Crippen MR) is 70.7 cm³/mol. The third-order valence-electron chi connectivity index (χ3n) is 2.87. The predicted octanol–water partition coefficient (Wildman–Crippen LogP) is 2.10. The number of aryl methyl sites for hydroxylation is 1. The molecule has 1 unspecified atom stereocenters. The van der Waals surface area contributed by atoms with E-state index in [0.717, 1.165) is 17.0 Å². The van der Waals surface area contributed by atoms with Crippen molar-refractivity contribution >= 4 is 0 Å². The van der Waals surface area contributed by atoms with Crippen LogP contribution in [0.4, 0.5) is 0 Å². The molecule has 1 aromatic carbocycles. The molecule has 4 heteroatoms. The Kier molecular flexibility index (Phi) is 3.89. The van der Waals surface area contributed by atoms with E-state index in [-0.39, 0.29) is 6.04 Å². The molecule has 0 bridgehead atoms. The van der Waals surface area contributed by atoms with Gasteiger partial charge in [0.25, 0.3) is 0 Å². The fraction of sp³-hybridized carbons (Fsp3) is 0.286. The van der Waals surface area contributed by atoms with Gasteiger partial charge in [0, 0.05) is 18.0 Å². The number of rotatable bonds is 4. The molecule has 2 rings (SSSR count). The summed E-state index contributed by atoms with van der Waals surface area (Å²) in [5, 5.41) is 3.25. The van der Waals surface area contributed by atoms with Gasteiger partial charge in [-0.2, -0.15) is 0 Å². The molecule has 0 spiro atoms. The van der Waals surface area contributed by atoms with Gasteiger partial charge in [0.1, 0.15) is 5.75 Å². The molecule has 2 aromatic rings. The summed E-state index contributed by atoms with van der Waals surface area (Å²) in [7, 11) is 3.58. The molecule has 0 fully saturated rings. The molecule has 0 aliphatic carbocycles. The molecule has 18 heavy (non-hydrogen) atoms. The Labute approximate surface area is 107 Å². The summed E-state index contributed by atoms with van der Waals surface area (Å²) < 4.78 is 5.44. The van der Waals surface area contributed by atoms with E-state index in [0.29, 0.717) is 0 Å². The normalized spacial score (nSPS) is 12.2. The van der Waals surface area contributed by atoms with Crippen LogP contribution in [0, 0.1) is 6.92 Å². The molecule has 1 heterocycles. The van der Waals surface area contributed by atoms with Crippen LogP contribution < -0.4 is 10.1 Å². The largest absolute Gasteiger partial charge is 0.496 e. The third kappa shape index (κ3) is 2.49. The molecule has 0 aliphatic heterocycles. The minimum absolute atomic E-state index is 0.0192. The lowest BCUT2D eigenvalue weighted by molar-refractivity contribution is 0.404. The van der Waals surface area contributed by atoms with Crippen LogP contribution in [0.5, 0.6) is 5.75 Å². The number of methoxy groups -OCH3 is 1. The summed E-state index contributed by atoms with van der Waals surface area (Å²) in [5.41, 5.74) is 3.11. The van der Waals surface area contributed by atoms with Crippen LogP contribution in [0.15, 0.2) is 36.8 Å². The van der Waals surface area contributed by atoms with Crippen molar-refractivity contribution in [3.63, 3.8) is 0 Å². The van der Waals surface area contributed by atoms with Crippen molar-refractivity contribution in [2.45, 2.75) is 13.0 Å². The minimum atomic E-state index is -0.0192. The van der Waals surface area contributed by atoms with E-state index in [9.17, 15) is 0 Å². The van der Waals surface area contributed by atoms with Gasteiger partial charge in [0.05, 0.1) is 25.0 Å². The van der Waals surface area contributed by atoms with Gasteiger partial charge in [-0.05, 0) is 25.6 Å². The molecule has 1 aromatic heterocycles.